The zero-order valence-corrected chi connectivity index (χ0v) is 20.5. The largest absolute Gasteiger partial charge is 0.475 e. The summed E-state index contributed by atoms with van der Waals surface area (Å²) < 4.78 is 13.0. The normalized spacial score (nSPS) is 10.8. The molecule has 0 unspecified atom stereocenters. The van der Waals surface area contributed by atoms with Gasteiger partial charge >= 0.3 is 6.09 Å². The summed E-state index contributed by atoms with van der Waals surface area (Å²) in [7, 11) is 0. The molecule has 178 valence electrons. The summed E-state index contributed by atoms with van der Waals surface area (Å²) in [4.78, 5) is 23.0. The van der Waals surface area contributed by atoms with Crippen LogP contribution in [0.25, 0.3) is 17.0 Å². The van der Waals surface area contributed by atoms with Gasteiger partial charge in [-0.1, -0.05) is 38.1 Å². The number of imidazole rings is 1. The number of benzene rings is 1. The molecule has 1 aromatic carbocycles. The molecular formula is C25H35N5O3. The van der Waals surface area contributed by atoms with Crippen LogP contribution < -0.4 is 4.74 Å². The molecule has 8 heteroatoms. The molecule has 2 heterocycles. The topological polar surface area (TPSA) is 81.8 Å². The van der Waals surface area contributed by atoms with Crippen LogP contribution in [0.5, 0.6) is 5.88 Å². The number of carbonyl (C=O) groups is 1. The Morgan fingerprint density at radius 2 is 2.03 bits per heavy atom. The standard InChI is InChI=1S/C23H29N5O3.C2H6/c1-6-8-14-30-21-20-24-12-13-28(20)26-19(25-21)18-11-9-10-17(15-18)16-27(7-2)22(29)31-23(3,4)5;1-2/h6,9-13,15H,1,7-8,14,16H2,2-5H3;1-2H3. The molecule has 0 atom stereocenters. The lowest BCUT2D eigenvalue weighted by Crippen LogP contribution is -2.36. The van der Waals surface area contributed by atoms with Gasteiger partial charge in [-0.2, -0.15) is 4.98 Å². The molecule has 0 bridgehead atoms. The molecule has 0 aliphatic rings. The molecule has 0 spiro atoms. The molecule has 0 saturated heterocycles. The molecule has 0 fully saturated rings. The second kappa shape index (κ2) is 12.0. The first-order valence-corrected chi connectivity index (χ1v) is 11.3. The minimum atomic E-state index is -0.539. The summed E-state index contributed by atoms with van der Waals surface area (Å²) in [5.41, 5.74) is 1.80. The SMILES string of the molecule is C=CCCOc1nc(-c2cccc(CN(CC)C(=O)OC(C)(C)C)c2)nn2ccnc12.CC. The third-order valence-corrected chi connectivity index (χ3v) is 4.38. The number of fused-ring (bicyclic) bond motifs is 1. The maximum atomic E-state index is 12.5. The molecule has 3 aromatic rings. The van der Waals surface area contributed by atoms with Crippen molar-refractivity contribution in [1.82, 2.24) is 24.5 Å². The Morgan fingerprint density at radius 1 is 1.27 bits per heavy atom. The van der Waals surface area contributed by atoms with Crippen LogP contribution in [0.4, 0.5) is 4.79 Å². The van der Waals surface area contributed by atoms with Gasteiger partial charge in [-0.3, -0.25) is 0 Å². The van der Waals surface area contributed by atoms with Gasteiger partial charge in [0.2, 0.25) is 5.65 Å². The highest BCUT2D eigenvalue weighted by Gasteiger charge is 2.21. The van der Waals surface area contributed by atoms with Crippen molar-refractivity contribution in [2.75, 3.05) is 13.2 Å². The van der Waals surface area contributed by atoms with Crippen LogP contribution in [0.1, 0.15) is 53.5 Å². The molecule has 0 N–H and O–H groups in total. The lowest BCUT2D eigenvalue weighted by molar-refractivity contribution is 0.0244. The number of nitrogens with zero attached hydrogens (tertiary/aromatic N) is 5. The number of hydrogen-bond donors (Lipinski definition) is 0. The van der Waals surface area contributed by atoms with E-state index in [1.807, 2.05) is 65.8 Å². The van der Waals surface area contributed by atoms with Gasteiger partial charge in [-0.25, -0.2) is 14.3 Å². The van der Waals surface area contributed by atoms with E-state index in [-0.39, 0.29) is 6.09 Å². The van der Waals surface area contributed by atoms with E-state index >= 15 is 0 Å². The van der Waals surface area contributed by atoms with Crippen molar-refractivity contribution in [3.63, 3.8) is 0 Å². The van der Waals surface area contributed by atoms with Gasteiger partial charge in [0.05, 0.1) is 6.61 Å². The highest BCUT2D eigenvalue weighted by atomic mass is 16.6. The van der Waals surface area contributed by atoms with Crippen molar-refractivity contribution in [2.45, 2.75) is 60.1 Å². The number of carbonyl (C=O) groups excluding carboxylic acids is 1. The third-order valence-electron chi connectivity index (χ3n) is 4.38. The fourth-order valence-electron chi connectivity index (χ4n) is 2.92. The van der Waals surface area contributed by atoms with E-state index in [4.69, 9.17) is 9.47 Å². The number of ether oxygens (including phenoxy) is 2. The van der Waals surface area contributed by atoms with E-state index in [0.717, 1.165) is 11.1 Å². The van der Waals surface area contributed by atoms with E-state index in [0.29, 0.717) is 43.5 Å². The van der Waals surface area contributed by atoms with Crippen molar-refractivity contribution in [3.05, 3.63) is 54.9 Å². The summed E-state index contributed by atoms with van der Waals surface area (Å²) in [6.45, 7) is 16.6. The molecule has 0 aliphatic heterocycles. The first-order chi connectivity index (χ1) is 15.8. The van der Waals surface area contributed by atoms with E-state index in [9.17, 15) is 4.79 Å². The van der Waals surface area contributed by atoms with Crippen molar-refractivity contribution in [3.8, 4) is 17.3 Å². The molecule has 3 rings (SSSR count). The van der Waals surface area contributed by atoms with E-state index in [1.54, 1.807) is 27.9 Å². The van der Waals surface area contributed by atoms with Gasteiger partial charge in [-0.15, -0.1) is 11.7 Å². The van der Waals surface area contributed by atoms with Gasteiger partial charge in [0.25, 0.3) is 5.88 Å². The Balaban J connectivity index is 0.00000187. The fourth-order valence-corrected chi connectivity index (χ4v) is 2.92. The molecule has 8 nitrogen and oxygen atoms in total. The van der Waals surface area contributed by atoms with E-state index in [1.165, 1.54) is 0 Å². The van der Waals surface area contributed by atoms with Crippen LogP contribution in [-0.4, -0.2) is 49.3 Å². The molecule has 2 aromatic heterocycles. The van der Waals surface area contributed by atoms with Crippen LogP contribution in [0.15, 0.2) is 49.3 Å². The molecule has 0 radical (unpaired) electrons. The summed E-state index contributed by atoms with van der Waals surface area (Å²) >= 11 is 0. The molecule has 0 saturated carbocycles. The first-order valence-electron chi connectivity index (χ1n) is 11.3. The van der Waals surface area contributed by atoms with Crippen molar-refractivity contribution >= 4 is 11.7 Å². The Labute approximate surface area is 196 Å². The quantitative estimate of drug-likeness (QED) is 0.329. The van der Waals surface area contributed by atoms with Crippen LogP contribution in [0.2, 0.25) is 0 Å². The van der Waals surface area contributed by atoms with Gasteiger partial charge < -0.3 is 14.4 Å². The maximum Gasteiger partial charge on any atom is 0.410 e. The second-order valence-corrected chi connectivity index (χ2v) is 8.06. The number of hydrogen-bond acceptors (Lipinski definition) is 6. The predicted octanol–water partition coefficient (Wildman–Crippen LogP) is 5.53. The van der Waals surface area contributed by atoms with Gasteiger partial charge in [-0.05, 0) is 45.7 Å². The van der Waals surface area contributed by atoms with Crippen LogP contribution in [-0.2, 0) is 11.3 Å². The molecule has 33 heavy (non-hydrogen) atoms. The van der Waals surface area contributed by atoms with E-state index in [2.05, 4.69) is 21.6 Å². The number of aromatic nitrogens is 4. The Kier molecular flexibility index (Phi) is 9.39. The van der Waals surface area contributed by atoms with Crippen LogP contribution in [0, 0.1) is 0 Å². The molecular weight excluding hydrogens is 418 g/mol. The van der Waals surface area contributed by atoms with E-state index < -0.39 is 5.60 Å². The second-order valence-electron chi connectivity index (χ2n) is 8.06. The Hall–Kier alpha value is -3.42. The average Bonchev–Trinajstić information content (AvgIpc) is 3.27. The van der Waals surface area contributed by atoms with Crippen molar-refractivity contribution < 1.29 is 14.3 Å². The summed E-state index contributed by atoms with van der Waals surface area (Å²) in [6.07, 6.45) is 5.57. The number of rotatable bonds is 8. The molecule has 1 amide bonds. The maximum absolute atomic E-state index is 12.5. The van der Waals surface area contributed by atoms with Crippen LogP contribution >= 0.6 is 0 Å². The minimum Gasteiger partial charge on any atom is -0.475 e. The highest BCUT2D eigenvalue weighted by Crippen LogP contribution is 2.23. The molecule has 0 aliphatic carbocycles. The number of amides is 1. The third kappa shape index (κ3) is 7.30. The minimum absolute atomic E-state index is 0.339. The summed E-state index contributed by atoms with van der Waals surface area (Å²) in [6, 6.07) is 7.79. The van der Waals surface area contributed by atoms with Gasteiger partial charge in [0.15, 0.2) is 5.82 Å². The van der Waals surface area contributed by atoms with Crippen molar-refractivity contribution in [1.29, 1.82) is 0 Å². The van der Waals surface area contributed by atoms with Gasteiger partial charge in [0.1, 0.15) is 5.60 Å². The lowest BCUT2D eigenvalue weighted by atomic mass is 10.1. The monoisotopic (exact) mass is 453 g/mol. The first kappa shape index (κ1) is 25.8. The van der Waals surface area contributed by atoms with Crippen molar-refractivity contribution in [2.24, 2.45) is 0 Å². The zero-order valence-electron chi connectivity index (χ0n) is 20.5. The fraction of sp³-hybridized carbons (Fsp3) is 0.440. The van der Waals surface area contributed by atoms with Crippen LogP contribution in [0.3, 0.4) is 0 Å². The Morgan fingerprint density at radius 3 is 2.70 bits per heavy atom. The Bertz CT molecular complexity index is 1060. The lowest BCUT2D eigenvalue weighted by Gasteiger charge is -2.26. The average molecular weight is 454 g/mol. The zero-order chi connectivity index (χ0) is 24.4. The smallest absolute Gasteiger partial charge is 0.410 e. The summed E-state index contributed by atoms with van der Waals surface area (Å²) in [5, 5.41) is 4.56. The highest BCUT2D eigenvalue weighted by molar-refractivity contribution is 5.68. The predicted molar refractivity (Wildman–Crippen MR) is 130 cm³/mol. The summed E-state index contributed by atoms with van der Waals surface area (Å²) in [5.74, 6) is 0.937. The van der Waals surface area contributed by atoms with Gasteiger partial charge in [0, 0.05) is 31.0 Å².